The van der Waals surface area contributed by atoms with Crippen LogP contribution in [0.3, 0.4) is 0 Å². The summed E-state index contributed by atoms with van der Waals surface area (Å²) in [5.41, 5.74) is 0.111. The molecule has 3 rings (SSSR count). The molecule has 0 fully saturated rings. The van der Waals surface area contributed by atoms with E-state index in [0.29, 0.717) is 0 Å². The summed E-state index contributed by atoms with van der Waals surface area (Å²) in [6, 6.07) is 7.01. The molecule has 0 saturated heterocycles. The normalized spacial score (nSPS) is 11.4. The van der Waals surface area contributed by atoms with Crippen molar-refractivity contribution in [3.63, 3.8) is 0 Å². The van der Waals surface area contributed by atoms with Gasteiger partial charge in [0.25, 0.3) is 0 Å². The van der Waals surface area contributed by atoms with Crippen LogP contribution < -0.4 is 5.32 Å². The molecule has 2 aromatic heterocycles. The van der Waals surface area contributed by atoms with Crippen LogP contribution in [-0.4, -0.2) is 38.1 Å². The largest absolute Gasteiger partial charge is 0.477 e. The van der Waals surface area contributed by atoms with Crippen LogP contribution in [0.25, 0.3) is 10.1 Å². The lowest BCUT2D eigenvalue weighted by atomic mass is 10.1. The van der Waals surface area contributed by atoms with E-state index in [1.165, 1.54) is 11.3 Å². The second-order valence-electron chi connectivity index (χ2n) is 7.58. The molecular formula is C20H21N3O5S. The molecule has 0 aliphatic heterocycles. The van der Waals surface area contributed by atoms with Crippen LogP contribution in [0.2, 0.25) is 0 Å². The fourth-order valence-electron chi connectivity index (χ4n) is 2.77. The predicted molar refractivity (Wildman–Crippen MR) is 110 cm³/mol. The number of carbonyl (C=O) groups is 3. The Bertz CT molecular complexity index is 1110. The van der Waals surface area contributed by atoms with E-state index < -0.39 is 17.7 Å². The number of aromatic carboxylic acids is 1. The van der Waals surface area contributed by atoms with Crippen LogP contribution in [0.4, 0.5) is 10.6 Å². The Morgan fingerprint density at radius 2 is 1.97 bits per heavy atom. The van der Waals surface area contributed by atoms with Gasteiger partial charge in [-0.15, -0.1) is 11.3 Å². The van der Waals surface area contributed by atoms with Crippen LogP contribution >= 0.6 is 11.3 Å². The van der Waals surface area contributed by atoms with Gasteiger partial charge in [-0.05, 0) is 49.9 Å². The van der Waals surface area contributed by atoms with Gasteiger partial charge in [-0.2, -0.15) is 0 Å². The highest BCUT2D eigenvalue weighted by Gasteiger charge is 2.20. The van der Waals surface area contributed by atoms with E-state index >= 15 is 0 Å². The predicted octanol–water partition coefficient (Wildman–Crippen LogP) is 4.11. The standard InChI is InChI=1S/C20H21N3O5S/c1-20(2,3)28-19(27)22-16-10-23(4)17(21-16)13(24)8-11-5-6-14-12(7-11)9-15(29-14)18(25)26/h5-7,9-10H,8H2,1-4H3,(H,22,27)(H,25,26). The van der Waals surface area contributed by atoms with Gasteiger partial charge in [0.2, 0.25) is 5.78 Å². The van der Waals surface area contributed by atoms with Crippen molar-refractivity contribution < 1.29 is 24.2 Å². The first kappa shape index (κ1) is 20.5. The Hall–Kier alpha value is -3.20. The molecule has 152 valence electrons. The number of carbonyl (C=O) groups excluding carboxylic acids is 2. The van der Waals surface area contributed by atoms with Gasteiger partial charge in [0.15, 0.2) is 11.6 Å². The number of ether oxygens (including phenoxy) is 1. The highest BCUT2D eigenvalue weighted by molar-refractivity contribution is 7.20. The molecule has 0 aliphatic carbocycles. The number of aryl methyl sites for hydroxylation is 1. The van der Waals surface area contributed by atoms with Crippen LogP contribution in [0.1, 0.15) is 46.6 Å². The van der Waals surface area contributed by atoms with Crippen molar-refractivity contribution in [3.8, 4) is 0 Å². The van der Waals surface area contributed by atoms with Gasteiger partial charge in [0.1, 0.15) is 10.5 Å². The summed E-state index contributed by atoms with van der Waals surface area (Å²) in [5.74, 6) is -0.767. The lowest BCUT2D eigenvalue weighted by Gasteiger charge is -2.18. The van der Waals surface area contributed by atoms with E-state index in [1.807, 2.05) is 6.07 Å². The van der Waals surface area contributed by atoms with Crippen molar-refractivity contribution in [1.29, 1.82) is 0 Å². The molecule has 9 heteroatoms. The number of thiophene rings is 1. The van der Waals surface area contributed by atoms with Gasteiger partial charge in [0.05, 0.1) is 0 Å². The molecule has 0 unspecified atom stereocenters. The number of nitrogens with one attached hydrogen (secondary N) is 1. The van der Waals surface area contributed by atoms with Gasteiger partial charge < -0.3 is 14.4 Å². The average molecular weight is 415 g/mol. The first-order valence-corrected chi connectivity index (χ1v) is 9.66. The van der Waals surface area contributed by atoms with Gasteiger partial charge >= 0.3 is 12.1 Å². The fraction of sp³-hybridized carbons (Fsp3) is 0.300. The number of anilines is 1. The summed E-state index contributed by atoms with van der Waals surface area (Å²) < 4.78 is 7.57. The summed E-state index contributed by atoms with van der Waals surface area (Å²) in [5, 5.41) is 12.4. The van der Waals surface area contributed by atoms with Gasteiger partial charge in [0, 0.05) is 24.4 Å². The average Bonchev–Trinajstić information content (AvgIpc) is 3.16. The number of benzene rings is 1. The van der Waals surface area contributed by atoms with E-state index in [1.54, 1.807) is 56.8 Å². The number of carboxylic acid groups (broad SMARTS) is 1. The first-order chi connectivity index (χ1) is 13.5. The van der Waals surface area contributed by atoms with Crippen molar-refractivity contribution in [2.75, 3.05) is 5.32 Å². The van der Waals surface area contributed by atoms with E-state index in [0.717, 1.165) is 15.6 Å². The van der Waals surface area contributed by atoms with E-state index in [-0.39, 0.29) is 28.7 Å². The fourth-order valence-corrected chi connectivity index (χ4v) is 3.65. The zero-order valence-electron chi connectivity index (χ0n) is 16.5. The molecule has 3 aromatic rings. The number of imidazole rings is 1. The maximum atomic E-state index is 12.7. The monoisotopic (exact) mass is 415 g/mol. The molecule has 2 N–H and O–H groups in total. The van der Waals surface area contributed by atoms with Gasteiger partial charge in [-0.25, -0.2) is 14.6 Å². The van der Waals surface area contributed by atoms with Crippen molar-refractivity contribution >= 4 is 45.1 Å². The highest BCUT2D eigenvalue weighted by Crippen LogP contribution is 2.27. The number of Topliss-reactive ketones (excluding diaryl/α,β-unsaturated/α-hetero) is 1. The Balaban J connectivity index is 1.74. The smallest absolute Gasteiger partial charge is 0.413 e. The van der Waals surface area contributed by atoms with E-state index in [4.69, 9.17) is 9.84 Å². The molecule has 0 spiro atoms. The number of amides is 1. The molecule has 1 amide bonds. The van der Waals surface area contributed by atoms with Crippen molar-refractivity contribution in [1.82, 2.24) is 9.55 Å². The van der Waals surface area contributed by atoms with Crippen molar-refractivity contribution in [2.45, 2.75) is 32.8 Å². The van der Waals surface area contributed by atoms with Crippen LogP contribution in [0.5, 0.6) is 0 Å². The maximum Gasteiger partial charge on any atom is 0.413 e. The number of ketones is 1. The molecule has 0 atom stereocenters. The van der Waals surface area contributed by atoms with Gasteiger partial charge in [-0.3, -0.25) is 10.1 Å². The quantitative estimate of drug-likeness (QED) is 0.607. The lowest BCUT2D eigenvalue weighted by Crippen LogP contribution is -2.27. The summed E-state index contributed by atoms with van der Waals surface area (Å²) in [4.78, 5) is 40.1. The minimum Gasteiger partial charge on any atom is -0.477 e. The summed E-state index contributed by atoms with van der Waals surface area (Å²) >= 11 is 1.19. The molecule has 0 bridgehead atoms. The van der Waals surface area contributed by atoms with Crippen LogP contribution in [-0.2, 0) is 18.2 Å². The summed E-state index contributed by atoms with van der Waals surface area (Å²) in [6.45, 7) is 5.26. The van der Waals surface area contributed by atoms with E-state index in [2.05, 4.69) is 10.3 Å². The van der Waals surface area contributed by atoms with E-state index in [9.17, 15) is 14.4 Å². The van der Waals surface area contributed by atoms with Crippen LogP contribution in [0.15, 0.2) is 30.5 Å². The zero-order valence-corrected chi connectivity index (χ0v) is 17.3. The molecule has 8 nitrogen and oxygen atoms in total. The zero-order chi connectivity index (χ0) is 21.3. The maximum absolute atomic E-state index is 12.7. The number of hydrogen-bond acceptors (Lipinski definition) is 6. The molecule has 0 radical (unpaired) electrons. The minimum atomic E-state index is -0.971. The van der Waals surface area contributed by atoms with Crippen LogP contribution in [0, 0.1) is 0 Å². The SMILES string of the molecule is Cn1cc(NC(=O)OC(C)(C)C)nc1C(=O)Cc1ccc2sc(C(=O)O)cc2c1. The number of hydrogen-bond donors (Lipinski definition) is 2. The summed E-state index contributed by atoms with van der Waals surface area (Å²) in [6.07, 6.45) is 0.996. The third-order valence-corrected chi connectivity index (χ3v) is 5.02. The Morgan fingerprint density at radius 3 is 2.62 bits per heavy atom. The molecule has 0 aliphatic rings. The number of aromatic nitrogens is 2. The minimum absolute atomic E-state index is 0.102. The van der Waals surface area contributed by atoms with Crippen molar-refractivity contribution in [2.24, 2.45) is 7.05 Å². The van der Waals surface area contributed by atoms with Gasteiger partial charge in [-0.1, -0.05) is 6.07 Å². The Labute approximate surface area is 171 Å². The second-order valence-corrected chi connectivity index (χ2v) is 8.66. The summed E-state index contributed by atoms with van der Waals surface area (Å²) in [7, 11) is 1.67. The lowest BCUT2D eigenvalue weighted by molar-refractivity contribution is 0.0633. The highest BCUT2D eigenvalue weighted by atomic mass is 32.1. The number of carboxylic acids is 1. The third-order valence-electron chi connectivity index (χ3n) is 3.91. The Morgan fingerprint density at radius 1 is 1.24 bits per heavy atom. The molecule has 2 heterocycles. The molecule has 0 saturated carbocycles. The first-order valence-electron chi connectivity index (χ1n) is 8.84. The second kappa shape index (κ2) is 7.67. The molecule has 29 heavy (non-hydrogen) atoms. The number of nitrogens with zero attached hydrogens (tertiary/aromatic N) is 2. The third kappa shape index (κ3) is 5.00. The van der Waals surface area contributed by atoms with Crippen molar-refractivity contribution in [3.05, 3.63) is 46.7 Å². The Kier molecular flexibility index (Phi) is 5.43. The number of rotatable bonds is 5. The molecular weight excluding hydrogens is 394 g/mol. The number of fused-ring (bicyclic) bond motifs is 1. The molecule has 1 aromatic carbocycles. The topological polar surface area (TPSA) is 111 Å².